The van der Waals surface area contributed by atoms with Crippen LogP contribution in [0.1, 0.15) is 32.8 Å². The number of carboxylic acids is 1. The number of benzene rings is 1. The van der Waals surface area contributed by atoms with Gasteiger partial charge in [-0.1, -0.05) is 71.7 Å². The number of rotatable bonds is 9. The van der Waals surface area contributed by atoms with Gasteiger partial charge >= 0.3 is 12.1 Å². The third-order valence-corrected chi connectivity index (χ3v) is 6.21. The molecule has 0 radical (unpaired) electrons. The highest BCUT2D eigenvalue weighted by Crippen LogP contribution is 2.35. The van der Waals surface area contributed by atoms with Gasteiger partial charge in [-0.05, 0) is 11.1 Å². The van der Waals surface area contributed by atoms with E-state index in [-0.39, 0.29) is 17.8 Å². The molecule has 1 aromatic carbocycles. The van der Waals surface area contributed by atoms with Gasteiger partial charge in [0, 0.05) is 21.1 Å². The Bertz CT molecular complexity index is 655. The first-order valence-electron chi connectivity index (χ1n) is 7.79. The summed E-state index contributed by atoms with van der Waals surface area (Å²) in [6.45, 7) is 6.22. The average Bonchev–Trinajstić information content (AvgIpc) is 2.52. The molecule has 142 valence electrons. The van der Waals surface area contributed by atoms with Crippen LogP contribution in [0.4, 0.5) is 10.5 Å². The van der Waals surface area contributed by atoms with Crippen molar-refractivity contribution >= 4 is 39.3 Å². The van der Waals surface area contributed by atoms with Crippen LogP contribution in [0.15, 0.2) is 29.4 Å². The van der Waals surface area contributed by atoms with Gasteiger partial charge in [-0.15, -0.1) is 0 Å². The summed E-state index contributed by atoms with van der Waals surface area (Å²) >= 11 is 0. The smallest absolute Gasteiger partial charge is 0.407 e. The van der Waals surface area contributed by atoms with E-state index in [1.54, 1.807) is 35.1 Å². The molecule has 1 unspecified atom stereocenters. The fourth-order valence-corrected chi connectivity index (χ4v) is 4.27. The molecule has 0 saturated heterocycles. The zero-order valence-corrected chi connectivity index (χ0v) is 16.5. The van der Waals surface area contributed by atoms with Gasteiger partial charge < -0.3 is 15.2 Å². The quantitative estimate of drug-likeness (QED) is 0.264. The number of azide groups is 1. The van der Waals surface area contributed by atoms with Crippen LogP contribution < -0.4 is 5.32 Å². The van der Waals surface area contributed by atoms with Crippen LogP contribution >= 0.6 is 21.6 Å². The zero-order chi connectivity index (χ0) is 19.6. The highest BCUT2D eigenvalue weighted by atomic mass is 33.1. The maximum atomic E-state index is 11.9. The van der Waals surface area contributed by atoms with Crippen molar-refractivity contribution in [1.82, 2.24) is 5.32 Å². The molecule has 1 rings (SSSR count). The lowest BCUT2D eigenvalue weighted by molar-refractivity contribution is -0.137. The van der Waals surface area contributed by atoms with E-state index in [2.05, 4.69) is 36.1 Å². The third-order valence-electron chi connectivity index (χ3n) is 2.79. The standard InChI is InChI=1S/C16H22N4O4S2/c1-16(2,3)26-25-10-13(8-14(21)22)18-15(23)24-9-11-4-6-12(7-5-11)19-20-17/h4-7,13H,8-10H2,1-3H3,(H,18,23)(H,21,22). The van der Waals surface area contributed by atoms with Crippen molar-refractivity contribution in [2.75, 3.05) is 5.75 Å². The van der Waals surface area contributed by atoms with E-state index in [4.69, 9.17) is 15.4 Å². The Balaban J connectivity index is 2.49. The molecule has 0 heterocycles. The summed E-state index contributed by atoms with van der Waals surface area (Å²) in [5, 5.41) is 15.0. The molecular formula is C16H22N4O4S2. The number of amides is 1. The van der Waals surface area contributed by atoms with E-state index in [1.165, 1.54) is 10.8 Å². The SMILES string of the molecule is CC(C)(C)SSCC(CC(=O)O)NC(=O)OCc1ccc(N=[N+]=[N-])cc1. The lowest BCUT2D eigenvalue weighted by Crippen LogP contribution is -2.38. The van der Waals surface area contributed by atoms with Crippen LogP contribution in [0, 0.1) is 0 Å². The minimum atomic E-state index is -0.981. The summed E-state index contributed by atoms with van der Waals surface area (Å²) in [7, 11) is 3.15. The van der Waals surface area contributed by atoms with Crippen LogP contribution in [0.3, 0.4) is 0 Å². The zero-order valence-electron chi connectivity index (χ0n) is 14.8. The summed E-state index contributed by atoms with van der Waals surface area (Å²) in [6.07, 6.45) is -0.843. The third kappa shape index (κ3) is 10.1. The molecular weight excluding hydrogens is 376 g/mol. The first-order chi connectivity index (χ1) is 12.2. The first-order valence-corrected chi connectivity index (χ1v) is 10.1. The number of aliphatic carboxylic acids is 1. The molecule has 0 bridgehead atoms. The summed E-state index contributed by atoms with van der Waals surface area (Å²) in [6, 6.07) is 6.07. The van der Waals surface area contributed by atoms with Crippen LogP contribution in [0.5, 0.6) is 0 Å². The minimum Gasteiger partial charge on any atom is -0.481 e. The molecule has 1 aromatic rings. The molecule has 1 amide bonds. The summed E-state index contributed by atoms with van der Waals surface area (Å²) in [5.74, 6) is -0.519. The van der Waals surface area contributed by atoms with Gasteiger partial charge in [-0.2, -0.15) is 0 Å². The predicted molar refractivity (Wildman–Crippen MR) is 104 cm³/mol. The molecule has 0 saturated carbocycles. The van der Waals surface area contributed by atoms with Gasteiger partial charge in [-0.25, -0.2) is 4.79 Å². The number of ether oxygens (including phenoxy) is 1. The number of nitrogens with one attached hydrogen (secondary N) is 1. The van der Waals surface area contributed by atoms with E-state index in [1.807, 2.05) is 0 Å². The lowest BCUT2D eigenvalue weighted by Gasteiger charge is -2.20. The van der Waals surface area contributed by atoms with Crippen LogP contribution in [0.2, 0.25) is 0 Å². The molecule has 8 nitrogen and oxygen atoms in total. The summed E-state index contributed by atoms with van der Waals surface area (Å²) in [4.78, 5) is 25.6. The second kappa shape index (κ2) is 10.8. The Hall–Kier alpha value is -2.03. The van der Waals surface area contributed by atoms with Crippen molar-refractivity contribution in [3.8, 4) is 0 Å². The molecule has 0 aliphatic rings. The number of hydrogen-bond donors (Lipinski definition) is 2. The number of carbonyl (C=O) groups is 2. The van der Waals surface area contributed by atoms with Crippen molar-refractivity contribution in [1.29, 1.82) is 0 Å². The van der Waals surface area contributed by atoms with Crippen molar-refractivity contribution in [2.45, 2.75) is 44.6 Å². The summed E-state index contributed by atoms with van der Waals surface area (Å²) < 4.78 is 5.17. The Morgan fingerprint density at radius 1 is 1.35 bits per heavy atom. The molecule has 0 aliphatic heterocycles. The number of nitrogens with zero attached hydrogens (tertiary/aromatic N) is 3. The number of hydrogen-bond acceptors (Lipinski definition) is 6. The van der Waals surface area contributed by atoms with Gasteiger partial charge in [0.15, 0.2) is 0 Å². The van der Waals surface area contributed by atoms with E-state index < -0.39 is 18.1 Å². The topological polar surface area (TPSA) is 124 Å². The molecule has 0 aliphatic carbocycles. The summed E-state index contributed by atoms with van der Waals surface area (Å²) in [5.41, 5.74) is 9.55. The normalized spacial score (nSPS) is 12.0. The lowest BCUT2D eigenvalue weighted by atomic mass is 10.2. The Labute approximate surface area is 160 Å². The Morgan fingerprint density at radius 2 is 2.00 bits per heavy atom. The molecule has 10 heteroatoms. The molecule has 0 spiro atoms. The molecule has 1 atom stereocenters. The van der Waals surface area contributed by atoms with Gasteiger partial charge in [0.25, 0.3) is 0 Å². The molecule has 0 fully saturated rings. The predicted octanol–water partition coefficient (Wildman–Crippen LogP) is 4.88. The number of carboxylic acid groups (broad SMARTS) is 1. The van der Waals surface area contributed by atoms with E-state index in [0.29, 0.717) is 11.4 Å². The fourth-order valence-electron chi connectivity index (χ4n) is 1.72. The van der Waals surface area contributed by atoms with E-state index in [0.717, 1.165) is 5.56 Å². The van der Waals surface area contributed by atoms with Crippen molar-refractivity contribution in [2.24, 2.45) is 5.11 Å². The second-order valence-electron chi connectivity index (χ2n) is 6.35. The maximum absolute atomic E-state index is 11.9. The van der Waals surface area contributed by atoms with Gasteiger partial charge in [-0.3, -0.25) is 4.79 Å². The monoisotopic (exact) mass is 398 g/mol. The van der Waals surface area contributed by atoms with Crippen molar-refractivity contribution in [3.63, 3.8) is 0 Å². The molecule has 26 heavy (non-hydrogen) atoms. The van der Waals surface area contributed by atoms with Crippen molar-refractivity contribution in [3.05, 3.63) is 40.3 Å². The van der Waals surface area contributed by atoms with E-state index >= 15 is 0 Å². The van der Waals surface area contributed by atoms with Crippen molar-refractivity contribution < 1.29 is 19.4 Å². The van der Waals surface area contributed by atoms with Gasteiger partial charge in [0.05, 0.1) is 12.5 Å². The van der Waals surface area contributed by atoms with Crippen LogP contribution in [0.25, 0.3) is 10.4 Å². The van der Waals surface area contributed by atoms with E-state index in [9.17, 15) is 9.59 Å². The fraction of sp³-hybridized carbons (Fsp3) is 0.500. The van der Waals surface area contributed by atoms with Gasteiger partial charge in [0.1, 0.15) is 6.61 Å². The molecule has 0 aromatic heterocycles. The Morgan fingerprint density at radius 3 is 2.54 bits per heavy atom. The average molecular weight is 399 g/mol. The Kier molecular flexibility index (Phi) is 9.18. The number of carbonyl (C=O) groups excluding carboxylic acids is 1. The maximum Gasteiger partial charge on any atom is 0.407 e. The highest BCUT2D eigenvalue weighted by molar-refractivity contribution is 8.77. The van der Waals surface area contributed by atoms with Gasteiger partial charge in [0.2, 0.25) is 0 Å². The van der Waals surface area contributed by atoms with Crippen LogP contribution in [-0.2, 0) is 16.1 Å². The second-order valence-corrected chi connectivity index (χ2v) is 9.52. The number of alkyl carbamates (subject to hydrolysis) is 1. The minimum absolute atomic E-state index is 0.0338. The van der Waals surface area contributed by atoms with Crippen LogP contribution in [-0.4, -0.2) is 33.7 Å². The molecule has 2 N–H and O–H groups in total. The first kappa shape index (κ1) is 22.0. The highest BCUT2D eigenvalue weighted by Gasteiger charge is 2.19. The largest absolute Gasteiger partial charge is 0.481 e.